The highest BCUT2D eigenvalue weighted by molar-refractivity contribution is 6.32. The Morgan fingerprint density at radius 3 is 2.46 bits per heavy atom. The van der Waals surface area contributed by atoms with Crippen LogP contribution in [0.2, 0.25) is 5.02 Å². The molecule has 1 unspecified atom stereocenters. The van der Waals surface area contributed by atoms with Crippen LogP contribution < -0.4 is 5.73 Å². The first-order chi connectivity index (χ1) is 5.95. The first-order valence-corrected chi connectivity index (χ1v) is 3.98. The second-order valence-electron chi connectivity index (χ2n) is 2.75. The van der Waals surface area contributed by atoms with Gasteiger partial charge in [-0.25, -0.2) is 0 Å². The molecule has 0 radical (unpaired) electrons. The average molecular weight is 206 g/mol. The summed E-state index contributed by atoms with van der Waals surface area (Å²) >= 11 is 5.48. The topological polar surface area (TPSA) is 66.5 Å². The van der Waals surface area contributed by atoms with Gasteiger partial charge in [0.25, 0.3) is 0 Å². The fraction of sp³-hybridized carbons (Fsp3) is 0.250. The minimum absolute atomic E-state index is 0.164. The SMILES string of the molecule is CC(N)c1cc(Cl)c(O)c(F)c1O. The molecule has 13 heavy (non-hydrogen) atoms. The van der Waals surface area contributed by atoms with Crippen LogP contribution in [0, 0.1) is 5.82 Å². The Labute approximate surface area is 79.6 Å². The van der Waals surface area contributed by atoms with E-state index in [-0.39, 0.29) is 10.6 Å². The number of hydrogen-bond donors (Lipinski definition) is 3. The summed E-state index contributed by atoms with van der Waals surface area (Å²) in [4.78, 5) is 0. The number of nitrogens with two attached hydrogens (primary N) is 1. The van der Waals surface area contributed by atoms with Crippen molar-refractivity contribution < 1.29 is 14.6 Å². The largest absolute Gasteiger partial charge is 0.504 e. The lowest BCUT2D eigenvalue weighted by atomic mass is 10.1. The third-order valence-electron chi connectivity index (χ3n) is 1.69. The fourth-order valence-electron chi connectivity index (χ4n) is 0.964. The van der Waals surface area contributed by atoms with E-state index < -0.39 is 23.4 Å². The van der Waals surface area contributed by atoms with E-state index in [1.54, 1.807) is 6.92 Å². The molecule has 3 nitrogen and oxygen atoms in total. The zero-order chi connectivity index (χ0) is 10.2. The zero-order valence-corrected chi connectivity index (χ0v) is 7.64. The minimum Gasteiger partial charge on any atom is -0.504 e. The van der Waals surface area contributed by atoms with Crippen LogP contribution in [0.25, 0.3) is 0 Å². The molecule has 1 aromatic rings. The molecule has 1 aromatic carbocycles. The Hall–Kier alpha value is -1.00. The summed E-state index contributed by atoms with van der Waals surface area (Å²) in [7, 11) is 0. The summed E-state index contributed by atoms with van der Waals surface area (Å²) in [6.45, 7) is 1.57. The van der Waals surface area contributed by atoms with E-state index in [2.05, 4.69) is 0 Å². The second kappa shape index (κ2) is 3.40. The van der Waals surface area contributed by atoms with Crippen molar-refractivity contribution in [2.75, 3.05) is 0 Å². The summed E-state index contributed by atoms with van der Waals surface area (Å²) in [6, 6.07) is 0.688. The molecule has 0 aromatic heterocycles. The van der Waals surface area contributed by atoms with Crippen molar-refractivity contribution in [1.29, 1.82) is 0 Å². The van der Waals surface area contributed by atoms with Crippen LogP contribution in [0.5, 0.6) is 11.5 Å². The van der Waals surface area contributed by atoms with Gasteiger partial charge in [0, 0.05) is 11.6 Å². The molecule has 1 atom stereocenters. The predicted molar refractivity (Wildman–Crippen MR) is 47.3 cm³/mol. The van der Waals surface area contributed by atoms with Crippen molar-refractivity contribution in [2.45, 2.75) is 13.0 Å². The van der Waals surface area contributed by atoms with E-state index in [4.69, 9.17) is 22.4 Å². The van der Waals surface area contributed by atoms with Crippen molar-refractivity contribution in [3.63, 3.8) is 0 Å². The maximum Gasteiger partial charge on any atom is 0.208 e. The van der Waals surface area contributed by atoms with Crippen LogP contribution in [0.1, 0.15) is 18.5 Å². The molecule has 5 heteroatoms. The highest BCUT2D eigenvalue weighted by Crippen LogP contribution is 2.37. The van der Waals surface area contributed by atoms with Crippen molar-refractivity contribution in [3.8, 4) is 11.5 Å². The quantitative estimate of drug-likeness (QED) is 0.656. The van der Waals surface area contributed by atoms with Gasteiger partial charge in [-0.05, 0) is 13.0 Å². The number of aromatic hydroxyl groups is 2. The van der Waals surface area contributed by atoms with Crippen LogP contribution in [0.15, 0.2) is 6.07 Å². The van der Waals surface area contributed by atoms with Crippen molar-refractivity contribution in [1.82, 2.24) is 0 Å². The minimum atomic E-state index is -1.14. The van der Waals surface area contributed by atoms with Gasteiger partial charge in [0.05, 0.1) is 5.02 Å². The molecule has 0 spiro atoms. The Kier molecular flexibility index (Phi) is 2.63. The monoisotopic (exact) mass is 205 g/mol. The third kappa shape index (κ3) is 1.68. The van der Waals surface area contributed by atoms with E-state index in [1.807, 2.05) is 0 Å². The second-order valence-corrected chi connectivity index (χ2v) is 3.15. The predicted octanol–water partition coefficient (Wildman–Crippen LogP) is 1.91. The smallest absolute Gasteiger partial charge is 0.208 e. The molecule has 72 valence electrons. The van der Waals surface area contributed by atoms with Gasteiger partial charge in [0.1, 0.15) is 0 Å². The first-order valence-electron chi connectivity index (χ1n) is 3.60. The maximum absolute atomic E-state index is 13.0. The van der Waals surface area contributed by atoms with Gasteiger partial charge in [-0.2, -0.15) is 4.39 Å². The van der Waals surface area contributed by atoms with Crippen molar-refractivity contribution in [2.24, 2.45) is 5.73 Å². The molecule has 4 N–H and O–H groups in total. The third-order valence-corrected chi connectivity index (χ3v) is 1.98. The number of phenols is 2. The molecule has 0 amide bonds. The van der Waals surface area contributed by atoms with Gasteiger partial charge < -0.3 is 15.9 Å². The molecule has 0 fully saturated rings. The molecule has 0 bridgehead atoms. The number of benzene rings is 1. The number of hydrogen-bond acceptors (Lipinski definition) is 3. The summed E-state index contributed by atoms with van der Waals surface area (Å²) < 4.78 is 13.0. The molecule has 0 aliphatic carbocycles. The van der Waals surface area contributed by atoms with Crippen LogP contribution in [0.3, 0.4) is 0 Å². The van der Waals surface area contributed by atoms with Gasteiger partial charge in [-0.3, -0.25) is 0 Å². The maximum atomic E-state index is 13.0. The molecular formula is C8H9ClFNO2. The summed E-state index contributed by atoms with van der Waals surface area (Å²) in [5.41, 5.74) is 5.60. The fourth-order valence-corrected chi connectivity index (χ4v) is 1.16. The highest BCUT2D eigenvalue weighted by atomic mass is 35.5. The van der Waals surface area contributed by atoms with E-state index >= 15 is 0 Å². The standard InChI is InChI=1S/C8H9ClFNO2/c1-3(11)4-2-5(9)8(13)6(10)7(4)12/h2-3,12-13H,11H2,1H3. The van der Waals surface area contributed by atoms with Crippen LogP contribution in [0.4, 0.5) is 4.39 Å². The van der Waals surface area contributed by atoms with Crippen LogP contribution in [-0.4, -0.2) is 10.2 Å². The van der Waals surface area contributed by atoms with Crippen LogP contribution in [-0.2, 0) is 0 Å². The highest BCUT2D eigenvalue weighted by Gasteiger charge is 2.17. The lowest BCUT2D eigenvalue weighted by Crippen LogP contribution is -2.06. The van der Waals surface area contributed by atoms with Gasteiger partial charge in [-0.15, -0.1) is 0 Å². The molecule has 0 aliphatic heterocycles. The van der Waals surface area contributed by atoms with E-state index in [1.165, 1.54) is 6.07 Å². The molecule has 0 aliphatic rings. The Morgan fingerprint density at radius 1 is 1.46 bits per heavy atom. The van der Waals surface area contributed by atoms with E-state index in [9.17, 15) is 9.50 Å². The Bertz CT molecular complexity index is 341. The summed E-state index contributed by atoms with van der Waals surface area (Å²) in [5, 5.41) is 18.0. The number of halogens is 2. The lowest BCUT2D eigenvalue weighted by molar-refractivity contribution is 0.383. The number of rotatable bonds is 1. The van der Waals surface area contributed by atoms with Crippen molar-refractivity contribution >= 4 is 11.6 Å². The molecular weight excluding hydrogens is 197 g/mol. The van der Waals surface area contributed by atoms with Gasteiger partial charge in [0.2, 0.25) is 5.82 Å². The average Bonchev–Trinajstić information content (AvgIpc) is 2.07. The van der Waals surface area contributed by atoms with Crippen LogP contribution >= 0.6 is 11.6 Å². The lowest BCUT2D eigenvalue weighted by Gasteiger charge is -2.10. The first kappa shape index (κ1) is 10.1. The van der Waals surface area contributed by atoms with E-state index in [0.717, 1.165) is 0 Å². The van der Waals surface area contributed by atoms with Gasteiger partial charge >= 0.3 is 0 Å². The zero-order valence-electron chi connectivity index (χ0n) is 6.88. The van der Waals surface area contributed by atoms with Crippen molar-refractivity contribution in [3.05, 3.63) is 22.5 Å². The normalized spacial score (nSPS) is 12.9. The number of phenolic OH excluding ortho intramolecular Hbond substituents is 2. The van der Waals surface area contributed by atoms with E-state index in [0.29, 0.717) is 0 Å². The molecule has 0 saturated heterocycles. The Morgan fingerprint density at radius 2 is 2.00 bits per heavy atom. The van der Waals surface area contributed by atoms with Gasteiger partial charge in [0.15, 0.2) is 11.5 Å². The molecule has 0 heterocycles. The van der Waals surface area contributed by atoms with Gasteiger partial charge in [-0.1, -0.05) is 11.6 Å². The summed E-state index contributed by atoms with van der Waals surface area (Å²) in [6.07, 6.45) is 0. The molecule has 0 saturated carbocycles. The summed E-state index contributed by atoms with van der Waals surface area (Å²) in [5.74, 6) is -2.56. The Balaban J connectivity index is 3.41. The molecule has 1 rings (SSSR count).